The molecule has 2 heterocycles. The van der Waals surface area contributed by atoms with Gasteiger partial charge in [0, 0.05) is 43.5 Å². The normalized spacial score (nSPS) is 21.1. The molecule has 1 aromatic heterocycles. The fourth-order valence-electron chi connectivity index (χ4n) is 2.49. The molecule has 0 aliphatic carbocycles. The first-order chi connectivity index (χ1) is 9.57. The lowest BCUT2D eigenvalue weighted by Gasteiger charge is -2.31. The molecular weight excluding hydrogens is 274 g/mol. The van der Waals surface area contributed by atoms with E-state index in [1.807, 2.05) is 13.0 Å². The highest BCUT2D eigenvalue weighted by atomic mass is 32.2. The number of nitrogens with zero attached hydrogens (tertiary/aromatic N) is 2. The van der Waals surface area contributed by atoms with Crippen LogP contribution in [0.1, 0.15) is 6.92 Å². The number of nitrogens with one attached hydrogen (secondary N) is 1. The molecule has 1 saturated heterocycles. The number of fused-ring (bicyclic) bond motifs is 1. The van der Waals surface area contributed by atoms with E-state index in [-0.39, 0.29) is 6.04 Å². The predicted octanol–water partition coefficient (Wildman–Crippen LogP) is 1.22. The van der Waals surface area contributed by atoms with Crippen molar-refractivity contribution in [1.82, 2.24) is 14.6 Å². The molecule has 0 bridgehead atoms. The fraction of sp³-hybridized carbons (Fsp3) is 0.357. The summed E-state index contributed by atoms with van der Waals surface area (Å²) in [7, 11) is -3.41. The van der Waals surface area contributed by atoms with Crippen molar-refractivity contribution < 1.29 is 8.42 Å². The average Bonchev–Trinajstić information content (AvgIpc) is 2.46. The summed E-state index contributed by atoms with van der Waals surface area (Å²) in [5.74, 6) is 0. The second-order valence-electron chi connectivity index (χ2n) is 5.10. The van der Waals surface area contributed by atoms with Crippen molar-refractivity contribution in [2.24, 2.45) is 0 Å². The van der Waals surface area contributed by atoms with Gasteiger partial charge in [-0.15, -0.1) is 0 Å². The first-order valence-electron chi connectivity index (χ1n) is 6.65. The molecule has 1 aliphatic rings. The molecule has 1 aliphatic heterocycles. The number of hydrogen-bond acceptors (Lipinski definition) is 4. The summed E-state index contributed by atoms with van der Waals surface area (Å²) in [5, 5.41) is 5.09. The van der Waals surface area contributed by atoms with E-state index < -0.39 is 10.0 Å². The molecule has 0 amide bonds. The Morgan fingerprint density at radius 3 is 2.95 bits per heavy atom. The van der Waals surface area contributed by atoms with E-state index >= 15 is 0 Å². The van der Waals surface area contributed by atoms with Crippen LogP contribution in [0.3, 0.4) is 0 Å². The Balaban J connectivity index is 2.00. The summed E-state index contributed by atoms with van der Waals surface area (Å²) in [6.45, 7) is 3.71. The van der Waals surface area contributed by atoms with Crippen LogP contribution in [0.4, 0.5) is 0 Å². The van der Waals surface area contributed by atoms with Gasteiger partial charge in [0.15, 0.2) is 0 Å². The summed E-state index contributed by atoms with van der Waals surface area (Å²) in [5.41, 5.74) is 0. The van der Waals surface area contributed by atoms with E-state index in [0.29, 0.717) is 24.5 Å². The molecule has 1 unspecified atom stereocenters. The van der Waals surface area contributed by atoms with Crippen molar-refractivity contribution in [3.8, 4) is 0 Å². The lowest BCUT2D eigenvalue weighted by Crippen LogP contribution is -2.51. The monoisotopic (exact) mass is 291 g/mol. The summed E-state index contributed by atoms with van der Waals surface area (Å²) in [6.07, 6.45) is 3.41. The quantitative estimate of drug-likeness (QED) is 0.903. The SMILES string of the molecule is CC1CN(S(=O)(=O)c2ccc3cnccc3c2)CCN1. The highest BCUT2D eigenvalue weighted by Crippen LogP contribution is 2.22. The average molecular weight is 291 g/mol. The molecule has 0 radical (unpaired) electrons. The minimum Gasteiger partial charge on any atom is -0.312 e. The maximum atomic E-state index is 12.7. The van der Waals surface area contributed by atoms with Gasteiger partial charge in [-0.3, -0.25) is 4.98 Å². The Kier molecular flexibility index (Phi) is 3.45. The van der Waals surface area contributed by atoms with E-state index in [0.717, 1.165) is 10.8 Å². The number of benzene rings is 1. The van der Waals surface area contributed by atoms with Crippen LogP contribution in [-0.4, -0.2) is 43.4 Å². The zero-order valence-corrected chi connectivity index (χ0v) is 12.1. The van der Waals surface area contributed by atoms with Gasteiger partial charge in [-0.1, -0.05) is 6.07 Å². The van der Waals surface area contributed by atoms with E-state index in [2.05, 4.69) is 10.3 Å². The third-order valence-electron chi connectivity index (χ3n) is 3.58. The topological polar surface area (TPSA) is 62.3 Å². The van der Waals surface area contributed by atoms with Gasteiger partial charge in [-0.05, 0) is 30.5 Å². The lowest BCUT2D eigenvalue weighted by molar-refractivity contribution is 0.310. The van der Waals surface area contributed by atoms with E-state index in [1.54, 1.807) is 34.9 Å². The van der Waals surface area contributed by atoms with E-state index in [9.17, 15) is 8.42 Å². The molecule has 3 rings (SSSR count). The van der Waals surface area contributed by atoms with E-state index in [1.165, 1.54) is 0 Å². The van der Waals surface area contributed by atoms with Gasteiger partial charge in [0.25, 0.3) is 0 Å². The molecule has 1 atom stereocenters. The van der Waals surface area contributed by atoms with Gasteiger partial charge in [-0.2, -0.15) is 4.31 Å². The Morgan fingerprint density at radius 1 is 1.30 bits per heavy atom. The fourth-order valence-corrected chi connectivity index (χ4v) is 4.05. The van der Waals surface area contributed by atoms with Gasteiger partial charge in [0.05, 0.1) is 4.90 Å². The number of piperazine rings is 1. The molecule has 6 heteroatoms. The van der Waals surface area contributed by atoms with Crippen molar-refractivity contribution in [3.05, 3.63) is 36.7 Å². The highest BCUT2D eigenvalue weighted by Gasteiger charge is 2.28. The van der Waals surface area contributed by atoms with Gasteiger partial charge in [0.1, 0.15) is 0 Å². The van der Waals surface area contributed by atoms with E-state index in [4.69, 9.17) is 0 Å². The summed E-state index contributed by atoms with van der Waals surface area (Å²) < 4.78 is 26.9. The molecular formula is C14H17N3O2S. The van der Waals surface area contributed by atoms with Crippen molar-refractivity contribution in [3.63, 3.8) is 0 Å². The van der Waals surface area contributed by atoms with Crippen molar-refractivity contribution >= 4 is 20.8 Å². The van der Waals surface area contributed by atoms with Gasteiger partial charge < -0.3 is 5.32 Å². The predicted molar refractivity (Wildman–Crippen MR) is 78.0 cm³/mol. The van der Waals surface area contributed by atoms with Crippen molar-refractivity contribution in [1.29, 1.82) is 0 Å². The van der Waals surface area contributed by atoms with Crippen LogP contribution in [0.15, 0.2) is 41.6 Å². The maximum Gasteiger partial charge on any atom is 0.243 e. The summed E-state index contributed by atoms with van der Waals surface area (Å²) in [6, 6.07) is 7.20. The van der Waals surface area contributed by atoms with Crippen LogP contribution < -0.4 is 5.32 Å². The molecule has 106 valence electrons. The smallest absolute Gasteiger partial charge is 0.243 e. The number of pyridine rings is 1. The first kappa shape index (κ1) is 13.5. The van der Waals surface area contributed by atoms with Crippen LogP contribution in [0.2, 0.25) is 0 Å². The van der Waals surface area contributed by atoms with Crippen LogP contribution in [0.5, 0.6) is 0 Å². The molecule has 1 fully saturated rings. The largest absolute Gasteiger partial charge is 0.312 e. The molecule has 2 aromatic rings. The van der Waals surface area contributed by atoms with Gasteiger partial charge >= 0.3 is 0 Å². The minimum absolute atomic E-state index is 0.184. The van der Waals surface area contributed by atoms with Crippen LogP contribution in [-0.2, 0) is 10.0 Å². The lowest BCUT2D eigenvalue weighted by atomic mass is 10.2. The van der Waals surface area contributed by atoms with Crippen LogP contribution in [0.25, 0.3) is 10.8 Å². The van der Waals surface area contributed by atoms with Crippen molar-refractivity contribution in [2.75, 3.05) is 19.6 Å². The Bertz CT molecular complexity index is 730. The van der Waals surface area contributed by atoms with Gasteiger partial charge in [0.2, 0.25) is 10.0 Å². The third kappa shape index (κ3) is 2.42. The molecule has 20 heavy (non-hydrogen) atoms. The number of sulfonamides is 1. The second kappa shape index (κ2) is 5.12. The molecule has 5 nitrogen and oxygen atoms in total. The number of rotatable bonds is 2. The van der Waals surface area contributed by atoms with Gasteiger partial charge in [-0.25, -0.2) is 8.42 Å². The number of aromatic nitrogens is 1. The first-order valence-corrected chi connectivity index (χ1v) is 8.09. The minimum atomic E-state index is -3.41. The third-order valence-corrected chi connectivity index (χ3v) is 5.44. The number of hydrogen-bond donors (Lipinski definition) is 1. The summed E-state index contributed by atoms with van der Waals surface area (Å²) in [4.78, 5) is 4.39. The Morgan fingerprint density at radius 2 is 2.15 bits per heavy atom. The maximum absolute atomic E-state index is 12.7. The summed E-state index contributed by atoms with van der Waals surface area (Å²) >= 11 is 0. The van der Waals surface area contributed by atoms with Crippen LogP contribution in [0, 0.1) is 0 Å². The van der Waals surface area contributed by atoms with Crippen molar-refractivity contribution in [2.45, 2.75) is 17.9 Å². The Hall–Kier alpha value is -1.50. The molecule has 1 aromatic carbocycles. The highest BCUT2D eigenvalue weighted by molar-refractivity contribution is 7.89. The molecule has 0 saturated carbocycles. The Labute approximate surface area is 118 Å². The van der Waals surface area contributed by atoms with Crippen LogP contribution >= 0.6 is 0 Å². The molecule has 1 N–H and O–H groups in total. The standard InChI is InChI=1S/C14H17N3O2S/c1-11-10-17(7-6-16-11)20(18,19)14-3-2-13-9-15-5-4-12(13)8-14/h2-5,8-9,11,16H,6-7,10H2,1H3. The zero-order valence-electron chi connectivity index (χ0n) is 11.3. The second-order valence-corrected chi connectivity index (χ2v) is 7.04. The molecule has 0 spiro atoms. The zero-order chi connectivity index (χ0) is 14.2.